The SMILES string of the molecule is CN(Cc1ccccc1Cl)c1ccc(CCl)c(Cl)c1. The summed E-state index contributed by atoms with van der Waals surface area (Å²) in [4.78, 5) is 2.10. The number of alkyl halides is 1. The molecule has 0 saturated carbocycles. The van der Waals surface area contributed by atoms with Crippen LogP contribution < -0.4 is 4.90 Å². The molecule has 0 saturated heterocycles. The summed E-state index contributed by atoms with van der Waals surface area (Å²) in [6, 6.07) is 13.7. The van der Waals surface area contributed by atoms with Gasteiger partial charge in [-0.25, -0.2) is 0 Å². The molecule has 0 aliphatic rings. The van der Waals surface area contributed by atoms with Crippen molar-refractivity contribution < 1.29 is 0 Å². The molecule has 0 unspecified atom stereocenters. The monoisotopic (exact) mass is 313 g/mol. The molecule has 0 aromatic heterocycles. The van der Waals surface area contributed by atoms with Gasteiger partial charge in [-0.1, -0.05) is 47.5 Å². The van der Waals surface area contributed by atoms with Crippen LogP contribution in [0.15, 0.2) is 42.5 Å². The Morgan fingerprint density at radius 1 is 0.947 bits per heavy atom. The molecule has 100 valence electrons. The van der Waals surface area contributed by atoms with E-state index in [1.165, 1.54) is 0 Å². The van der Waals surface area contributed by atoms with E-state index in [1.807, 2.05) is 49.5 Å². The van der Waals surface area contributed by atoms with E-state index < -0.39 is 0 Å². The third kappa shape index (κ3) is 3.56. The van der Waals surface area contributed by atoms with Crippen LogP contribution in [0.1, 0.15) is 11.1 Å². The van der Waals surface area contributed by atoms with Crippen molar-refractivity contribution in [2.45, 2.75) is 12.4 Å². The maximum atomic E-state index is 6.17. The van der Waals surface area contributed by atoms with Gasteiger partial charge >= 0.3 is 0 Å². The minimum Gasteiger partial charge on any atom is -0.370 e. The van der Waals surface area contributed by atoms with Crippen molar-refractivity contribution >= 4 is 40.5 Å². The zero-order valence-corrected chi connectivity index (χ0v) is 12.8. The van der Waals surface area contributed by atoms with Crippen molar-refractivity contribution in [3.05, 3.63) is 63.6 Å². The Balaban J connectivity index is 2.18. The van der Waals surface area contributed by atoms with E-state index in [0.29, 0.717) is 10.9 Å². The van der Waals surface area contributed by atoms with Gasteiger partial charge in [0.15, 0.2) is 0 Å². The van der Waals surface area contributed by atoms with Crippen LogP contribution in [-0.4, -0.2) is 7.05 Å². The molecule has 19 heavy (non-hydrogen) atoms. The summed E-state index contributed by atoms with van der Waals surface area (Å²) in [6.45, 7) is 0.732. The minimum atomic E-state index is 0.424. The summed E-state index contributed by atoms with van der Waals surface area (Å²) in [5.74, 6) is 0.424. The van der Waals surface area contributed by atoms with Crippen LogP contribution in [0.4, 0.5) is 5.69 Å². The first kappa shape index (κ1) is 14.5. The number of halogens is 3. The second kappa shape index (κ2) is 6.51. The lowest BCUT2D eigenvalue weighted by Gasteiger charge is -2.20. The van der Waals surface area contributed by atoms with Gasteiger partial charge in [-0.15, -0.1) is 11.6 Å². The van der Waals surface area contributed by atoms with Gasteiger partial charge in [0.1, 0.15) is 0 Å². The van der Waals surface area contributed by atoms with Gasteiger partial charge in [0.05, 0.1) is 0 Å². The first-order valence-corrected chi connectivity index (χ1v) is 7.20. The van der Waals surface area contributed by atoms with E-state index in [9.17, 15) is 0 Å². The highest BCUT2D eigenvalue weighted by atomic mass is 35.5. The first-order chi connectivity index (χ1) is 9.11. The van der Waals surface area contributed by atoms with Crippen LogP contribution in [0.3, 0.4) is 0 Å². The predicted molar refractivity (Wildman–Crippen MR) is 84.6 cm³/mol. The lowest BCUT2D eigenvalue weighted by molar-refractivity contribution is 0.923. The maximum absolute atomic E-state index is 6.17. The molecule has 2 rings (SSSR count). The van der Waals surface area contributed by atoms with Crippen molar-refractivity contribution in [1.29, 1.82) is 0 Å². The number of benzene rings is 2. The summed E-state index contributed by atoms with van der Waals surface area (Å²) in [6.07, 6.45) is 0. The van der Waals surface area contributed by atoms with Crippen molar-refractivity contribution in [3.63, 3.8) is 0 Å². The Morgan fingerprint density at radius 3 is 2.32 bits per heavy atom. The number of anilines is 1. The van der Waals surface area contributed by atoms with Crippen LogP contribution in [0.5, 0.6) is 0 Å². The molecule has 1 nitrogen and oxygen atoms in total. The second-order valence-electron chi connectivity index (χ2n) is 4.36. The largest absolute Gasteiger partial charge is 0.370 e. The van der Waals surface area contributed by atoms with Gasteiger partial charge in [-0.05, 0) is 29.3 Å². The summed E-state index contributed by atoms with van der Waals surface area (Å²) in [5, 5.41) is 1.47. The topological polar surface area (TPSA) is 3.24 Å². The van der Waals surface area contributed by atoms with E-state index >= 15 is 0 Å². The molecule has 2 aromatic carbocycles. The molecule has 0 aliphatic carbocycles. The van der Waals surface area contributed by atoms with E-state index in [1.54, 1.807) is 0 Å². The normalized spacial score (nSPS) is 10.5. The average Bonchev–Trinajstić information content (AvgIpc) is 2.41. The highest BCUT2D eigenvalue weighted by Gasteiger charge is 2.07. The van der Waals surface area contributed by atoms with E-state index in [-0.39, 0.29) is 0 Å². The summed E-state index contributed by atoms with van der Waals surface area (Å²) in [7, 11) is 2.01. The second-order valence-corrected chi connectivity index (χ2v) is 5.44. The van der Waals surface area contributed by atoms with Crippen molar-refractivity contribution in [2.24, 2.45) is 0 Å². The highest BCUT2D eigenvalue weighted by Crippen LogP contribution is 2.26. The molecule has 0 radical (unpaired) electrons. The lowest BCUT2D eigenvalue weighted by Crippen LogP contribution is -2.16. The quantitative estimate of drug-likeness (QED) is 0.686. The Morgan fingerprint density at radius 2 is 1.68 bits per heavy atom. The lowest BCUT2D eigenvalue weighted by atomic mass is 10.2. The fourth-order valence-electron chi connectivity index (χ4n) is 1.86. The fraction of sp³-hybridized carbons (Fsp3) is 0.200. The number of nitrogens with zero attached hydrogens (tertiary/aromatic N) is 1. The van der Waals surface area contributed by atoms with Crippen LogP contribution >= 0.6 is 34.8 Å². The van der Waals surface area contributed by atoms with Gasteiger partial charge in [0.25, 0.3) is 0 Å². The van der Waals surface area contributed by atoms with Crippen LogP contribution in [-0.2, 0) is 12.4 Å². The third-order valence-corrected chi connectivity index (χ3v) is 4.00. The molecule has 4 heteroatoms. The zero-order chi connectivity index (χ0) is 13.8. The smallest absolute Gasteiger partial charge is 0.0488 e. The molecule has 0 atom stereocenters. The Hall–Kier alpha value is -0.890. The zero-order valence-electron chi connectivity index (χ0n) is 10.5. The summed E-state index contributed by atoms with van der Waals surface area (Å²) < 4.78 is 0. The van der Waals surface area contributed by atoms with Gasteiger partial charge in [0.2, 0.25) is 0 Å². The Kier molecular flexibility index (Phi) is 4.98. The predicted octanol–water partition coefficient (Wildman–Crippen LogP) is 5.37. The molecular formula is C15H14Cl3N. The van der Waals surface area contributed by atoms with Crippen molar-refractivity contribution in [3.8, 4) is 0 Å². The molecule has 0 fully saturated rings. The van der Waals surface area contributed by atoms with E-state index in [0.717, 1.165) is 28.4 Å². The van der Waals surface area contributed by atoms with Crippen LogP contribution in [0.25, 0.3) is 0 Å². The number of hydrogen-bond donors (Lipinski definition) is 0. The molecule has 2 aromatic rings. The number of hydrogen-bond acceptors (Lipinski definition) is 1. The third-order valence-electron chi connectivity index (χ3n) is 2.99. The van der Waals surface area contributed by atoms with Crippen molar-refractivity contribution in [2.75, 3.05) is 11.9 Å². The molecular weight excluding hydrogens is 301 g/mol. The van der Waals surface area contributed by atoms with Gasteiger partial charge in [-0.3, -0.25) is 0 Å². The molecule has 0 N–H and O–H groups in total. The Bertz CT molecular complexity index is 569. The van der Waals surface area contributed by atoms with Gasteiger partial charge in [0, 0.05) is 35.2 Å². The van der Waals surface area contributed by atoms with Crippen molar-refractivity contribution in [1.82, 2.24) is 0 Å². The van der Waals surface area contributed by atoms with Gasteiger partial charge in [-0.2, -0.15) is 0 Å². The average molecular weight is 315 g/mol. The number of rotatable bonds is 4. The van der Waals surface area contributed by atoms with Gasteiger partial charge < -0.3 is 4.90 Å². The molecule has 0 aliphatic heterocycles. The standard InChI is InChI=1S/C15H14Cl3N/c1-19(10-12-4-2-3-5-14(12)17)13-7-6-11(9-16)15(18)8-13/h2-8H,9-10H2,1H3. The molecule has 0 spiro atoms. The first-order valence-electron chi connectivity index (χ1n) is 5.90. The van der Waals surface area contributed by atoms with E-state index in [2.05, 4.69) is 4.90 Å². The summed E-state index contributed by atoms with van der Waals surface area (Å²) >= 11 is 18.1. The van der Waals surface area contributed by atoms with E-state index in [4.69, 9.17) is 34.8 Å². The molecule has 0 heterocycles. The fourth-order valence-corrected chi connectivity index (χ4v) is 2.59. The Labute approximate surface area is 128 Å². The molecule has 0 amide bonds. The summed E-state index contributed by atoms with van der Waals surface area (Å²) in [5.41, 5.74) is 3.07. The highest BCUT2D eigenvalue weighted by molar-refractivity contribution is 6.32. The minimum absolute atomic E-state index is 0.424. The molecule has 0 bridgehead atoms. The van der Waals surface area contributed by atoms with Crippen LogP contribution in [0.2, 0.25) is 10.0 Å². The maximum Gasteiger partial charge on any atom is 0.0488 e. The van der Waals surface area contributed by atoms with Crippen LogP contribution in [0, 0.1) is 0 Å².